The Bertz CT molecular complexity index is 676. The summed E-state index contributed by atoms with van der Waals surface area (Å²) in [7, 11) is 0. The highest BCUT2D eigenvalue weighted by Gasteiger charge is 2.24. The highest BCUT2D eigenvalue weighted by molar-refractivity contribution is 6.09. The van der Waals surface area contributed by atoms with E-state index in [1.807, 2.05) is 38.1 Å². The van der Waals surface area contributed by atoms with E-state index in [4.69, 9.17) is 4.74 Å². The van der Waals surface area contributed by atoms with E-state index in [1.165, 1.54) is 0 Å². The van der Waals surface area contributed by atoms with E-state index in [9.17, 15) is 4.79 Å². The third-order valence-corrected chi connectivity index (χ3v) is 4.07. The number of hydrogen-bond acceptors (Lipinski definition) is 4. The minimum absolute atomic E-state index is 0.0798. The fraction of sp³-hybridized carbons (Fsp3) is 0.444. The van der Waals surface area contributed by atoms with Crippen molar-refractivity contribution < 1.29 is 9.53 Å². The van der Waals surface area contributed by atoms with Crippen molar-refractivity contribution in [1.82, 2.24) is 10.3 Å². The van der Waals surface area contributed by atoms with Crippen molar-refractivity contribution in [3.05, 3.63) is 36.0 Å². The van der Waals surface area contributed by atoms with Gasteiger partial charge in [0.15, 0.2) is 5.78 Å². The zero-order valence-corrected chi connectivity index (χ0v) is 13.1. The summed E-state index contributed by atoms with van der Waals surface area (Å²) in [4.78, 5) is 17.3. The highest BCUT2D eigenvalue weighted by atomic mass is 16.5. The largest absolute Gasteiger partial charge is 0.489 e. The molecule has 2 aromatic rings. The van der Waals surface area contributed by atoms with Crippen LogP contribution in [-0.4, -0.2) is 30.0 Å². The summed E-state index contributed by atoms with van der Waals surface area (Å²) in [6, 6.07) is 7.61. The average molecular weight is 298 g/mol. The van der Waals surface area contributed by atoms with Crippen LogP contribution in [0.15, 0.2) is 30.5 Å². The molecule has 0 saturated carbocycles. The normalized spacial score (nSPS) is 16.1. The number of carbonyl (C=O) groups excluding carboxylic acids is 1. The van der Waals surface area contributed by atoms with Crippen LogP contribution in [0, 0.1) is 5.92 Å². The number of ketones is 1. The van der Waals surface area contributed by atoms with Gasteiger partial charge in [0, 0.05) is 23.1 Å². The zero-order chi connectivity index (χ0) is 15.5. The Kier molecular flexibility index (Phi) is 4.39. The minimum Gasteiger partial charge on any atom is -0.489 e. The molecule has 116 valence electrons. The van der Waals surface area contributed by atoms with E-state index in [1.54, 1.807) is 6.20 Å². The van der Waals surface area contributed by atoms with Gasteiger partial charge in [0.2, 0.25) is 0 Å². The number of nitrogens with zero attached hydrogens (tertiary/aromatic N) is 1. The van der Waals surface area contributed by atoms with E-state index < -0.39 is 0 Å². The molecule has 0 unspecified atom stereocenters. The lowest BCUT2D eigenvalue weighted by molar-refractivity contribution is 0.0897. The summed E-state index contributed by atoms with van der Waals surface area (Å²) in [5, 5.41) is 4.20. The van der Waals surface area contributed by atoms with E-state index in [2.05, 4.69) is 10.3 Å². The second-order valence-corrected chi connectivity index (χ2v) is 6.07. The molecule has 3 rings (SSSR count). The lowest BCUT2D eigenvalue weighted by Crippen LogP contribution is -2.32. The summed E-state index contributed by atoms with van der Waals surface area (Å²) >= 11 is 0. The lowest BCUT2D eigenvalue weighted by atomic mass is 9.88. The number of fused-ring (bicyclic) bond motifs is 1. The molecule has 1 saturated heterocycles. The SMILES string of the molecule is CC(C)Oc1ccc(C(=O)C2CCNCC2)c2cccnc12. The monoisotopic (exact) mass is 298 g/mol. The topological polar surface area (TPSA) is 51.2 Å². The maximum Gasteiger partial charge on any atom is 0.166 e. The molecule has 1 N–H and O–H groups in total. The Morgan fingerprint density at radius 1 is 1.27 bits per heavy atom. The second-order valence-electron chi connectivity index (χ2n) is 6.07. The summed E-state index contributed by atoms with van der Waals surface area (Å²) in [5.74, 6) is 1.09. The van der Waals surface area contributed by atoms with Crippen LogP contribution >= 0.6 is 0 Å². The number of Topliss-reactive ketones (excluding diaryl/α,β-unsaturated/α-hetero) is 1. The molecule has 1 aliphatic rings. The molecule has 1 aromatic carbocycles. The summed E-state index contributed by atoms with van der Waals surface area (Å²) < 4.78 is 5.82. The van der Waals surface area contributed by atoms with E-state index in [-0.39, 0.29) is 17.8 Å². The van der Waals surface area contributed by atoms with Crippen LogP contribution in [0.2, 0.25) is 0 Å². The molecule has 1 fully saturated rings. The molecule has 1 aromatic heterocycles. The van der Waals surface area contributed by atoms with Gasteiger partial charge >= 0.3 is 0 Å². The molecule has 1 aliphatic heterocycles. The molecule has 0 spiro atoms. The van der Waals surface area contributed by atoms with Crippen LogP contribution < -0.4 is 10.1 Å². The maximum absolute atomic E-state index is 12.9. The Hall–Kier alpha value is -1.94. The van der Waals surface area contributed by atoms with Crippen molar-refractivity contribution in [2.45, 2.75) is 32.8 Å². The number of piperidine rings is 1. The second kappa shape index (κ2) is 6.44. The van der Waals surface area contributed by atoms with Crippen LogP contribution in [0.25, 0.3) is 10.9 Å². The summed E-state index contributed by atoms with van der Waals surface area (Å²) in [6.07, 6.45) is 3.64. The Morgan fingerprint density at radius 2 is 2.05 bits per heavy atom. The van der Waals surface area contributed by atoms with Gasteiger partial charge in [-0.15, -0.1) is 0 Å². The van der Waals surface area contributed by atoms with Gasteiger partial charge in [-0.1, -0.05) is 6.07 Å². The van der Waals surface area contributed by atoms with E-state index in [0.717, 1.165) is 48.1 Å². The first-order chi connectivity index (χ1) is 10.7. The van der Waals surface area contributed by atoms with Crippen molar-refractivity contribution in [2.75, 3.05) is 13.1 Å². The number of rotatable bonds is 4. The van der Waals surface area contributed by atoms with Crippen LogP contribution in [0.5, 0.6) is 5.75 Å². The standard InChI is InChI=1S/C18H22N2O2/c1-12(2)22-16-6-5-15(14-4-3-9-20-17(14)16)18(21)13-7-10-19-11-8-13/h3-6,9,12-13,19H,7-8,10-11H2,1-2H3. The quantitative estimate of drug-likeness (QED) is 0.881. The van der Waals surface area contributed by atoms with Gasteiger partial charge in [0.1, 0.15) is 11.3 Å². The van der Waals surface area contributed by atoms with Gasteiger partial charge in [0.05, 0.1) is 6.10 Å². The van der Waals surface area contributed by atoms with Gasteiger partial charge in [-0.3, -0.25) is 9.78 Å². The van der Waals surface area contributed by atoms with Crippen molar-refractivity contribution >= 4 is 16.7 Å². The number of nitrogens with one attached hydrogen (secondary N) is 1. The van der Waals surface area contributed by atoms with Crippen LogP contribution in [-0.2, 0) is 0 Å². The smallest absolute Gasteiger partial charge is 0.166 e. The number of ether oxygens (including phenoxy) is 1. The van der Waals surface area contributed by atoms with Gasteiger partial charge in [-0.25, -0.2) is 0 Å². The van der Waals surface area contributed by atoms with Gasteiger partial charge < -0.3 is 10.1 Å². The number of pyridine rings is 1. The molecule has 0 atom stereocenters. The summed E-state index contributed by atoms with van der Waals surface area (Å²) in [5.41, 5.74) is 1.54. The molecular weight excluding hydrogens is 276 g/mol. The Labute approximate surface area is 130 Å². The zero-order valence-electron chi connectivity index (χ0n) is 13.1. The number of benzene rings is 1. The van der Waals surface area contributed by atoms with Crippen LogP contribution in [0.3, 0.4) is 0 Å². The van der Waals surface area contributed by atoms with Gasteiger partial charge in [-0.2, -0.15) is 0 Å². The summed E-state index contributed by atoms with van der Waals surface area (Å²) in [6.45, 7) is 5.81. The molecule has 0 aliphatic carbocycles. The molecule has 2 heterocycles. The predicted molar refractivity (Wildman–Crippen MR) is 87.4 cm³/mol. The molecule has 0 bridgehead atoms. The fourth-order valence-electron chi connectivity index (χ4n) is 3.01. The third kappa shape index (κ3) is 2.97. The maximum atomic E-state index is 12.9. The van der Waals surface area contributed by atoms with Crippen molar-refractivity contribution in [3.8, 4) is 5.75 Å². The first-order valence-corrected chi connectivity index (χ1v) is 7.96. The van der Waals surface area contributed by atoms with E-state index in [0.29, 0.717) is 0 Å². The number of carbonyl (C=O) groups is 1. The molecule has 4 nitrogen and oxygen atoms in total. The Morgan fingerprint density at radius 3 is 2.77 bits per heavy atom. The number of aromatic nitrogens is 1. The van der Waals surface area contributed by atoms with Gasteiger partial charge in [-0.05, 0) is 58.0 Å². The van der Waals surface area contributed by atoms with Crippen LogP contribution in [0.4, 0.5) is 0 Å². The molecular formula is C18H22N2O2. The molecule has 22 heavy (non-hydrogen) atoms. The minimum atomic E-state index is 0.0798. The molecule has 0 amide bonds. The highest BCUT2D eigenvalue weighted by Crippen LogP contribution is 2.30. The van der Waals surface area contributed by atoms with Crippen molar-refractivity contribution in [2.24, 2.45) is 5.92 Å². The third-order valence-electron chi connectivity index (χ3n) is 4.07. The number of hydrogen-bond donors (Lipinski definition) is 1. The van der Waals surface area contributed by atoms with E-state index >= 15 is 0 Å². The van der Waals surface area contributed by atoms with Crippen molar-refractivity contribution in [1.29, 1.82) is 0 Å². The first-order valence-electron chi connectivity index (χ1n) is 7.96. The van der Waals surface area contributed by atoms with Crippen molar-refractivity contribution in [3.63, 3.8) is 0 Å². The molecule has 0 radical (unpaired) electrons. The van der Waals surface area contributed by atoms with Gasteiger partial charge in [0.25, 0.3) is 0 Å². The predicted octanol–water partition coefficient (Wildman–Crippen LogP) is 3.20. The fourth-order valence-corrected chi connectivity index (χ4v) is 3.01. The average Bonchev–Trinajstić information content (AvgIpc) is 2.55. The van der Waals surface area contributed by atoms with Crippen LogP contribution in [0.1, 0.15) is 37.0 Å². The Balaban J connectivity index is 2.01. The first kappa shape index (κ1) is 15.0. The lowest BCUT2D eigenvalue weighted by Gasteiger charge is -2.22. The molecule has 4 heteroatoms.